The fraction of sp³-hybridized carbons (Fsp3) is 0.667. The molecule has 0 saturated heterocycles. The third-order valence-corrected chi connectivity index (χ3v) is 2.66. The maximum Gasteiger partial charge on any atom is 0.0204 e. The summed E-state index contributed by atoms with van der Waals surface area (Å²) in [6, 6.07) is 2.23. The minimum atomic E-state index is 1.11. The lowest BCUT2D eigenvalue weighted by molar-refractivity contribution is 0.653. The second kappa shape index (κ2) is 5.11. The van der Waals surface area contributed by atoms with Crippen molar-refractivity contribution in [3.05, 3.63) is 23.5 Å². The fourth-order valence-corrected chi connectivity index (χ4v) is 1.79. The standard InChI is InChI=1S/C12H21N/c1-4-6-7-8-12-11(3)9-10-13(12)5-2/h9-10H,4-8H2,1-3H3. The van der Waals surface area contributed by atoms with Gasteiger partial charge in [-0.25, -0.2) is 0 Å². The summed E-state index contributed by atoms with van der Waals surface area (Å²) in [5.41, 5.74) is 2.99. The molecule has 0 saturated carbocycles. The molecule has 1 heterocycles. The molecule has 0 unspecified atom stereocenters. The highest BCUT2D eigenvalue weighted by atomic mass is 15.0. The van der Waals surface area contributed by atoms with Gasteiger partial charge >= 0.3 is 0 Å². The molecule has 0 radical (unpaired) electrons. The van der Waals surface area contributed by atoms with Crippen molar-refractivity contribution in [2.24, 2.45) is 0 Å². The van der Waals surface area contributed by atoms with Crippen molar-refractivity contribution in [3.63, 3.8) is 0 Å². The van der Waals surface area contributed by atoms with E-state index in [1.807, 2.05) is 0 Å². The van der Waals surface area contributed by atoms with Crippen LogP contribution in [-0.2, 0) is 13.0 Å². The molecule has 0 N–H and O–H groups in total. The van der Waals surface area contributed by atoms with Crippen LogP contribution in [0.25, 0.3) is 0 Å². The quantitative estimate of drug-likeness (QED) is 0.609. The fourth-order valence-electron chi connectivity index (χ4n) is 1.79. The summed E-state index contributed by atoms with van der Waals surface area (Å²) in [5, 5.41) is 0. The summed E-state index contributed by atoms with van der Waals surface area (Å²) in [6.07, 6.45) is 7.46. The summed E-state index contributed by atoms with van der Waals surface area (Å²) >= 11 is 0. The van der Waals surface area contributed by atoms with Crippen LogP contribution >= 0.6 is 0 Å². The first-order valence-corrected chi connectivity index (χ1v) is 5.44. The Balaban J connectivity index is 2.57. The van der Waals surface area contributed by atoms with Crippen LogP contribution < -0.4 is 0 Å². The molecular weight excluding hydrogens is 158 g/mol. The maximum absolute atomic E-state index is 2.37. The maximum atomic E-state index is 2.37. The highest BCUT2D eigenvalue weighted by Gasteiger charge is 2.03. The molecule has 1 aromatic heterocycles. The van der Waals surface area contributed by atoms with Gasteiger partial charge in [0.25, 0.3) is 0 Å². The largest absolute Gasteiger partial charge is 0.351 e. The summed E-state index contributed by atoms with van der Waals surface area (Å²) < 4.78 is 2.37. The molecule has 0 aliphatic carbocycles. The molecule has 1 nitrogen and oxygen atoms in total. The Morgan fingerprint density at radius 1 is 1.23 bits per heavy atom. The Morgan fingerprint density at radius 3 is 2.62 bits per heavy atom. The van der Waals surface area contributed by atoms with E-state index in [0.717, 1.165) is 6.54 Å². The van der Waals surface area contributed by atoms with E-state index in [9.17, 15) is 0 Å². The van der Waals surface area contributed by atoms with Gasteiger partial charge in [0.05, 0.1) is 0 Å². The summed E-state index contributed by atoms with van der Waals surface area (Å²) in [5.74, 6) is 0. The molecule has 0 fully saturated rings. The predicted molar refractivity (Wildman–Crippen MR) is 58.1 cm³/mol. The zero-order chi connectivity index (χ0) is 9.68. The van der Waals surface area contributed by atoms with Gasteiger partial charge in [0, 0.05) is 18.4 Å². The number of aryl methyl sites for hydroxylation is 2. The number of hydrogen-bond donors (Lipinski definition) is 0. The average Bonchev–Trinajstić information content (AvgIpc) is 2.48. The number of unbranched alkanes of at least 4 members (excludes halogenated alkanes) is 2. The van der Waals surface area contributed by atoms with Crippen LogP contribution in [0.5, 0.6) is 0 Å². The Kier molecular flexibility index (Phi) is 4.07. The molecule has 1 rings (SSSR count). The van der Waals surface area contributed by atoms with Gasteiger partial charge in [-0.1, -0.05) is 19.8 Å². The first-order valence-electron chi connectivity index (χ1n) is 5.44. The second-order valence-corrected chi connectivity index (χ2v) is 3.69. The van der Waals surface area contributed by atoms with E-state index < -0.39 is 0 Å². The molecule has 74 valence electrons. The molecule has 1 heteroatoms. The normalized spacial score (nSPS) is 10.7. The average molecular weight is 179 g/mol. The first-order chi connectivity index (χ1) is 6.29. The molecule has 0 atom stereocenters. The number of nitrogens with zero attached hydrogens (tertiary/aromatic N) is 1. The van der Waals surface area contributed by atoms with E-state index in [2.05, 4.69) is 37.6 Å². The van der Waals surface area contributed by atoms with Crippen molar-refractivity contribution in [2.45, 2.75) is 53.0 Å². The minimum absolute atomic E-state index is 1.11. The molecule has 0 spiro atoms. The van der Waals surface area contributed by atoms with E-state index in [-0.39, 0.29) is 0 Å². The number of hydrogen-bond acceptors (Lipinski definition) is 0. The zero-order valence-corrected chi connectivity index (χ0v) is 9.14. The lowest BCUT2D eigenvalue weighted by Gasteiger charge is -2.07. The van der Waals surface area contributed by atoms with Crippen molar-refractivity contribution in [2.75, 3.05) is 0 Å². The van der Waals surface area contributed by atoms with Crippen LogP contribution in [0.4, 0.5) is 0 Å². The van der Waals surface area contributed by atoms with E-state index in [4.69, 9.17) is 0 Å². The highest BCUT2D eigenvalue weighted by molar-refractivity contribution is 5.20. The molecule has 13 heavy (non-hydrogen) atoms. The number of rotatable bonds is 5. The molecule has 0 aromatic carbocycles. The second-order valence-electron chi connectivity index (χ2n) is 3.69. The summed E-state index contributed by atoms with van der Waals surface area (Å²) in [7, 11) is 0. The van der Waals surface area contributed by atoms with Gasteiger partial charge in [-0.3, -0.25) is 0 Å². The van der Waals surface area contributed by atoms with Crippen molar-refractivity contribution < 1.29 is 0 Å². The van der Waals surface area contributed by atoms with Crippen LogP contribution in [0.3, 0.4) is 0 Å². The van der Waals surface area contributed by atoms with E-state index in [1.165, 1.54) is 36.9 Å². The third kappa shape index (κ3) is 2.61. The van der Waals surface area contributed by atoms with Crippen LogP contribution in [0.1, 0.15) is 44.4 Å². The van der Waals surface area contributed by atoms with Gasteiger partial charge in [0.2, 0.25) is 0 Å². The Bertz CT molecular complexity index is 248. The van der Waals surface area contributed by atoms with Gasteiger partial charge in [0.1, 0.15) is 0 Å². The Morgan fingerprint density at radius 2 is 2.00 bits per heavy atom. The van der Waals surface area contributed by atoms with Gasteiger partial charge in [-0.2, -0.15) is 0 Å². The van der Waals surface area contributed by atoms with Crippen LogP contribution in [0, 0.1) is 6.92 Å². The Labute approximate surface area is 81.8 Å². The molecule has 0 aliphatic rings. The SMILES string of the molecule is CCCCCc1c(C)ccn1CC. The molecule has 1 aromatic rings. The smallest absolute Gasteiger partial charge is 0.0204 e. The van der Waals surface area contributed by atoms with Crippen LogP contribution in [0.15, 0.2) is 12.3 Å². The van der Waals surface area contributed by atoms with Gasteiger partial charge in [-0.05, 0) is 38.3 Å². The van der Waals surface area contributed by atoms with Gasteiger partial charge < -0.3 is 4.57 Å². The van der Waals surface area contributed by atoms with Crippen molar-refractivity contribution in [3.8, 4) is 0 Å². The molecule has 0 aliphatic heterocycles. The van der Waals surface area contributed by atoms with Gasteiger partial charge in [-0.15, -0.1) is 0 Å². The summed E-state index contributed by atoms with van der Waals surface area (Å²) in [4.78, 5) is 0. The molecular formula is C12H21N. The third-order valence-electron chi connectivity index (χ3n) is 2.66. The first kappa shape index (κ1) is 10.4. The van der Waals surface area contributed by atoms with Crippen LogP contribution in [0.2, 0.25) is 0 Å². The predicted octanol–water partition coefficient (Wildman–Crippen LogP) is 3.55. The van der Waals surface area contributed by atoms with E-state index in [1.54, 1.807) is 0 Å². The van der Waals surface area contributed by atoms with E-state index in [0.29, 0.717) is 0 Å². The van der Waals surface area contributed by atoms with Crippen molar-refractivity contribution in [1.29, 1.82) is 0 Å². The van der Waals surface area contributed by atoms with Crippen LogP contribution in [-0.4, -0.2) is 4.57 Å². The summed E-state index contributed by atoms with van der Waals surface area (Å²) in [6.45, 7) is 7.79. The zero-order valence-electron chi connectivity index (χ0n) is 9.14. The lowest BCUT2D eigenvalue weighted by Crippen LogP contribution is -2.00. The Hall–Kier alpha value is -0.720. The highest BCUT2D eigenvalue weighted by Crippen LogP contribution is 2.13. The van der Waals surface area contributed by atoms with Crippen molar-refractivity contribution >= 4 is 0 Å². The topological polar surface area (TPSA) is 4.93 Å². The molecule has 0 bridgehead atoms. The van der Waals surface area contributed by atoms with Crippen molar-refractivity contribution in [1.82, 2.24) is 4.57 Å². The molecule has 0 amide bonds. The minimum Gasteiger partial charge on any atom is -0.351 e. The monoisotopic (exact) mass is 179 g/mol. The van der Waals surface area contributed by atoms with E-state index >= 15 is 0 Å². The van der Waals surface area contributed by atoms with Gasteiger partial charge in [0.15, 0.2) is 0 Å². The lowest BCUT2D eigenvalue weighted by atomic mass is 10.1. The number of aromatic nitrogens is 1.